The molecule has 1 aromatic heterocycles. The SMILES string of the molecule is CC(C)(C)[Si](C)(C)Oc1cc(-n2ncc3cc(OC4CN(S(C)(=O)=O)C4)ccc32)cc(F)c1F. The van der Waals surface area contributed by atoms with Crippen LogP contribution in [-0.4, -0.2) is 56.3 Å². The van der Waals surface area contributed by atoms with Gasteiger partial charge in [-0.15, -0.1) is 0 Å². The Balaban J connectivity index is 1.60. The summed E-state index contributed by atoms with van der Waals surface area (Å²) in [4.78, 5) is 0. The van der Waals surface area contributed by atoms with E-state index < -0.39 is 30.0 Å². The molecule has 0 spiro atoms. The summed E-state index contributed by atoms with van der Waals surface area (Å²) in [7, 11) is -5.60. The molecule has 0 unspecified atom stereocenters. The van der Waals surface area contributed by atoms with E-state index in [1.54, 1.807) is 24.4 Å². The highest BCUT2D eigenvalue weighted by Crippen LogP contribution is 2.39. The standard InChI is InChI=1S/C23H29F2N3O4SSi/c1-23(2,3)34(5,6)32-21-11-16(10-19(24)22(21)25)28-20-8-7-17(9-15(20)12-26-28)31-18-13-27(14-18)33(4,29)30/h7-12,18H,13-14H2,1-6H3. The molecule has 2 aromatic carbocycles. The van der Waals surface area contributed by atoms with Crippen molar-refractivity contribution < 1.29 is 26.4 Å². The lowest BCUT2D eigenvalue weighted by Gasteiger charge is -2.36. The number of nitrogens with zero attached hydrogens (tertiary/aromatic N) is 3. The van der Waals surface area contributed by atoms with Crippen molar-refractivity contribution in [2.75, 3.05) is 19.3 Å². The van der Waals surface area contributed by atoms with Crippen molar-refractivity contribution in [2.45, 2.75) is 45.0 Å². The lowest BCUT2D eigenvalue weighted by Crippen LogP contribution is -2.55. The summed E-state index contributed by atoms with van der Waals surface area (Å²) in [6.45, 7) is 10.6. The maximum absolute atomic E-state index is 14.6. The molecular weight excluding hydrogens is 480 g/mol. The van der Waals surface area contributed by atoms with E-state index in [1.165, 1.54) is 21.3 Å². The van der Waals surface area contributed by atoms with E-state index in [4.69, 9.17) is 9.16 Å². The fourth-order valence-electron chi connectivity index (χ4n) is 3.40. The van der Waals surface area contributed by atoms with Gasteiger partial charge in [-0.05, 0) is 36.3 Å². The number of sulfonamides is 1. The van der Waals surface area contributed by atoms with Gasteiger partial charge >= 0.3 is 0 Å². The van der Waals surface area contributed by atoms with Gasteiger partial charge in [0.15, 0.2) is 11.6 Å². The average Bonchev–Trinajstić information content (AvgIpc) is 3.09. The van der Waals surface area contributed by atoms with Crippen LogP contribution >= 0.6 is 0 Å². The smallest absolute Gasteiger partial charge is 0.250 e. The van der Waals surface area contributed by atoms with Crippen LogP contribution in [0.5, 0.6) is 11.5 Å². The van der Waals surface area contributed by atoms with Crippen LogP contribution in [0.25, 0.3) is 16.6 Å². The topological polar surface area (TPSA) is 73.7 Å². The fraction of sp³-hybridized carbons (Fsp3) is 0.435. The summed E-state index contributed by atoms with van der Waals surface area (Å²) in [5.74, 6) is -1.55. The molecule has 0 bridgehead atoms. The normalized spacial score (nSPS) is 16.0. The van der Waals surface area contributed by atoms with E-state index in [-0.39, 0.29) is 16.9 Å². The molecule has 7 nitrogen and oxygen atoms in total. The minimum atomic E-state index is -3.21. The van der Waals surface area contributed by atoms with Crippen molar-refractivity contribution in [2.24, 2.45) is 0 Å². The van der Waals surface area contributed by atoms with Gasteiger partial charge in [-0.2, -0.15) is 13.8 Å². The van der Waals surface area contributed by atoms with Crippen LogP contribution in [0.15, 0.2) is 36.5 Å². The summed E-state index contributed by atoms with van der Waals surface area (Å²) in [5.41, 5.74) is 1.03. The number of hydrogen-bond donors (Lipinski definition) is 0. The van der Waals surface area contributed by atoms with Crippen molar-refractivity contribution in [3.63, 3.8) is 0 Å². The number of aromatic nitrogens is 2. The second-order valence-corrected chi connectivity index (χ2v) is 16.9. The number of fused-ring (bicyclic) bond motifs is 1. The average molecular weight is 510 g/mol. The molecule has 1 aliphatic heterocycles. The zero-order valence-electron chi connectivity index (χ0n) is 20.1. The highest BCUT2D eigenvalue weighted by Gasteiger charge is 2.40. The molecule has 1 fully saturated rings. The van der Waals surface area contributed by atoms with E-state index in [1.807, 2.05) is 33.9 Å². The Hall–Kier alpha value is -2.50. The number of hydrogen-bond acceptors (Lipinski definition) is 5. The first kappa shape index (κ1) is 24.6. The minimum Gasteiger partial charge on any atom is -0.541 e. The second-order valence-electron chi connectivity index (χ2n) is 10.2. The van der Waals surface area contributed by atoms with Crippen LogP contribution in [0.1, 0.15) is 20.8 Å². The monoisotopic (exact) mass is 509 g/mol. The van der Waals surface area contributed by atoms with Crippen LogP contribution in [0.4, 0.5) is 8.78 Å². The quantitative estimate of drug-likeness (QED) is 0.450. The molecule has 2 heterocycles. The first-order chi connectivity index (χ1) is 15.7. The van der Waals surface area contributed by atoms with Crippen molar-refractivity contribution in [1.29, 1.82) is 0 Å². The summed E-state index contributed by atoms with van der Waals surface area (Å²) < 4.78 is 67.0. The van der Waals surface area contributed by atoms with Gasteiger partial charge in [0.2, 0.25) is 10.0 Å². The number of ether oxygens (including phenoxy) is 1. The molecule has 34 heavy (non-hydrogen) atoms. The van der Waals surface area contributed by atoms with Gasteiger partial charge in [0.05, 0.1) is 36.7 Å². The van der Waals surface area contributed by atoms with Crippen molar-refractivity contribution in [3.05, 3.63) is 48.2 Å². The molecule has 3 aromatic rings. The van der Waals surface area contributed by atoms with Crippen LogP contribution in [-0.2, 0) is 10.0 Å². The molecule has 0 atom stereocenters. The Kier molecular flexibility index (Phi) is 6.02. The second kappa shape index (κ2) is 8.31. The zero-order valence-corrected chi connectivity index (χ0v) is 21.9. The van der Waals surface area contributed by atoms with Crippen LogP contribution in [0, 0.1) is 11.6 Å². The molecule has 0 N–H and O–H groups in total. The minimum absolute atomic E-state index is 0.120. The number of rotatable bonds is 6. The predicted octanol–water partition coefficient (Wildman–Crippen LogP) is 4.71. The molecule has 0 aliphatic carbocycles. The first-order valence-corrected chi connectivity index (χ1v) is 15.7. The third kappa shape index (κ3) is 4.69. The van der Waals surface area contributed by atoms with Gasteiger partial charge in [0.25, 0.3) is 8.32 Å². The van der Waals surface area contributed by atoms with Crippen molar-refractivity contribution >= 4 is 29.2 Å². The summed E-state index contributed by atoms with van der Waals surface area (Å²) in [6, 6.07) is 7.88. The molecule has 1 saturated heterocycles. The third-order valence-corrected chi connectivity index (χ3v) is 12.1. The summed E-state index contributed by atoms with van der Waals surface area (Å²) >= 11 is 0. The highest BCUT2D eigenvalue weighted by atomic mass is 32.2. The lowest BCUT2D eigenvalue weighted by atomic mass is 10.2. The molecule has 0 radical (unpaired) electrons. The van der Waals surface area contributed by atoms with Gasteiger partial charge < -0.3 is 9.16 Å². The Bertz CT molecular complexity index is 1350. The highest BCUT2D eigenvalue weighted by molar-refractivity contribution is 7.88. The lowest BCUT2D eigenvalue weighted by molar-refractivity contribution is 0.0769. The maximum Gasteiger partial charge on any atom is 0.250 e. The first-order valence-electron chi connectivity index (χ1n) is 10.9. The maximum atomic E-state index is 14.6. The van der Waals surface area contributed by atoms with Gasteiger partial charge in [-0.1, -0.05) is 20.8 Å². The van der Waals surface area contributed by atoms with E-state index in [0.717, 1.165) is 11.5 Å². The van der Waals surface area contributed by atoms with Crippen molar-refractivity contribution in [1.82, 2.24) is 14.1 Å². The van der Waals surface area contributed by atoms with Crippen molar-refractivity contribution in [3.8, 4) is 17.2 Å². The summed E-state index contributed by atoms with van der Waals surface area (Å²) in [6.07, 6.45) is 2.56. The van der Waals surface area contributed by atoms with Gasteiger partial charge in [0.1, 0.15) is 17.6 Å². The number of halogens is 2. The molecule has 11 heteroatoms. The van der Waals surface area contributed by atoms with Crippen LogP contribution in [0.3, 0.4) is 0 Å². The summed E-state index contributed by atoms with van der Waals surface area (Å²) in [5, 5.41) is 4.92. The molecule has 1 aliphatic rings. The molecule has 4 rings (SSSR count). The van der Waals surface area contributed by atoms with E-state index in [9.17, 15) is 17.2 Å². The van der Waals surface area contributed by atoms with E-state index in [0.29, 0.717) is 30.0 Å². The van der Waals surface area contributed by atoms with Gasteiger partial charge in [0, 0.05) is 17.5 Å². The van der Waals surface area contributed by atoms with Crippen LogP contribution in [0.2, 0.25) is 18.1 Å². The molecule has 0 amide bonds. The molecular formula is C23H29F2N3O4SSi. The Morgan fingerprint density at radius 1 is 1.12 bits per heavy atom. The fourth-order valence-corrected chi connectivity index (χ4v) is 5.28. The predicted molar refractivity (Wildman–Crippen MR) is 130 cm³/mol. The Morgan fingerprint density at radius 2 is 1.79 bits per heavy atom. The zero-order chi connectivity index (χ0) is 25.1. The van der Waals surface area contributed by atoms with Gasteiger partial charge in [-0.25, -0.2) is 17.5 Å². The Labute approximate surface area is 199 Å². The van der Waals surface area contributed by atoms with E-state index in [2.05, 4.69) is 5.10 Å². The Morgan fingerprint density at radius 3 is 2.41 bits per heavy atom. The number of benzene rings is 2. The van der Waals surface area contributed by atoms with Gasteiger partial charge in [-0.3, -0.25) is 0 Å². The van der Waals surface area contributed by atoms with Crippen LogP contribution < -0.4 is 9.16 Å². The molecule has 0 saturated carbocycles. The molecule has 184 valence electrons. The third-order valence-electron chi connectivity index (χ3n) is 6.52. The van der Waals surface area contributed by atoms with E-state index >= 15 is 0 Å². The largest absolute Gasteiger partial charge is 0.541 e.